The van der Waals surface area contributed by atoms with Crippen molar-refractivity contribution < 1.29 is 8.83 Å². The largest absolute Gasteiger partial charge is 0.464 e. The number of piperidine rings is 1. The Morgan fingerprint density at radius 3 is 2.46 bits per heavy atom. The first-order valence-corrected chi connectivity index (χ1v) is 9.10. The molecule has 0 atom stereocenters. The maximum absolute atomic E-state index is 13.0. The number of rotatable bonds is 2. The van der Waals surface area contributed by atoms with Crippen LogP contribution in [0.3, 0.4) is 0 Å². The Morgan fingerprint density at radius 1 is 0.846 bits per heavy atom. The molecule has 0 bridgehead atoms. The molecule has 1 aliphatic rings. The van der Waals surface area contributed by atoms with Gasteiger partial charge in [0, 0.05) is 18.5 Å². The molecule has 1 aliphatic heterocycles. The summed E-state index contributed by atoms with van der Waals surface area (Å²) in [4.78, 5) is 15.4. The Morgan fingerprint density at radius 2 is 1.65 bits per heavy atom. The number of benzene rings is 2. The molecule has 3 heterocycles. The highest BCUT2D eigenvalue weighted by Crippen LogP contribution is 2.39. The molecule has 1 fully saturated rings. The number of anilines is 1. The van der Waals surface area contributed by atoms with E-state index in [0.717, 1.165) is 53.5 Å². The van der Waals surface area contributed by atoms with Crippen LogP contribution < -0.4 is 10.5 Å². The molecule has 0 aliphatic carbocycles. The Hall–Kier alpha value is -3.01. The highest BCUT2D eigenvalue weighted by molar-refractivity contribution is 6.09. The molecule has 0 N–H and O–H groups in total. The van der Waals surface area contributed by atoms with Crippen molar-refractivity contribution in [2.75, 3.05) is 18.0 Å². The van der Waals surface area contributed by atoms with E-state index in [9.17, 15) is 4.79 Å². The summed E-state index contributed by atoms with van der Waals surface area (Å²) in [5, 5.41) is 1.82. The van der Waals surface area contributed by atoms with Gasteiger partial charge in [0.15, 0.2) is 5.58 Å². The van der Waals surface area contributed by atoms with Gasteiger partial charge in [-0.25, -0.2) is 4.79 Å². The second kappa shape index (κ2) is 6.06. The molecule has 0 amide bonds. The third-order valence-corrected chi connectivity index (χ3v) is 5.21. The van der Waals surface area contributed by atoms with Crippen LogP contribution in [-0.2, 0) is 0 Å². The molecule has 0 radical (unpaired) electrons. The van der Waals surface area contributed by atoms with Crippen LogP contribution in [0.4, 0.5) is 5.69 Å². The van der Waals surface area contributed by atoms with E-state index < -0.39 is 0 Å². The highest BCUT2D eigenvalue weighted by Gasteiger charge is 2.23. The van der Waals surface area contributed by atoms with E-state index in [0.29, 0.717) is 11.1 Å². The van der Waals surface area contributed by atoms with Gasteiger partial charge in [0.1, 0.15) is 5.58 Å². The first-order valence-electron chi connectivity index (χ1n) is 9.10. The normalized spacial score (nSPS) is 15.0. The first-order chi connectivity index (χ1) is 12.8. The van der Waals surface area contributed by atoms with Crippen LogP contribution in [0.5, 0.6) is 0 Å². The molecule has 4 nitrogen and oxygen atoms in total. The lowest BCUT2D eigenvalue weighted by atomic mass is 9.99. The molecular weight excluding hydrogens is 326 g/mol. The summed E-state index contributed by atoms with van der Waals surface area (Å²) in [6, 6.07) is 15.7. The van der Waals surface area contributed by atoms with Gasteiger partial charge in [-0.3, -0.25) is 0 Å². The Labute approximate surface area is 150 Å². The standard InChI is InChI=1S/C22H19NO3/c24-22-19(15-7-3-1-4-8-15)20(23-12-5-2-6-13-23)17-9-10-18-16(11-14-25-18)21(17)26-22/h1,3-4,7-11,14H,2,5-6,12-13H2. The highest BCUT2D eigenvalue weighted by atomic mass is 16.4. The smallest absolute Gasteiger partial charge is 0.346 e. The summed E-state index contributed by atoms with van der Waals surface area (Å²) in [5.74, 6) is 0. The molecule has 4 heteroatoms. The van der Waals surface area contributed by atoms with E-state index >= 15 is 0 Å². The summed E-state index contributed by atoms with van der Waals surface area (Å²) < 4.78 is 11.3. The van der Waals surface area contributed by atoms with Gasteiger partial charge in [-0.1, -0.05) is 30.3 Å². The fourth-order valence-electron chi connectivity index (χ4n) is 3.99. The Kier molecular flexibility index (Phi) is 3.56. The van der Waals surface area contributed by atoms with Crippen molar-refractivity contribution in [3.8, 4) is 11.1 Å². The molecule has 26 heavy (non-hydrogen) atoms. The summed E-state index contributed by atoms with van der Waals surface area (Å²) in [6.45, 7) is 1.92. The molecule has 4 aromatic rings. The fraction of sp³-hybridized carbons (Fsp3) is 0.227. The van der Waals surface area contributed by atoms with E-state index in [1.165, 1.54) is 6.42 Å². The van der Waals surface area contributed by atoms with Crippen LogP contribution in [0.15, 0.2) is 68.4 Å². The number of hydrogen-bond acceptors (Lipinski definition) is 4. The Balaban J connectivity index is 1.89. The van der Waals surface area contributed by atoms with Crippen molar-refractivity contribution in [2.24, 2.45) is 0 Å². The number of hydrogen-bond donors (Lipinski definition) is 0. The van der Waals surface area contributed by atoms with Gasteiger partial charge in [-0.05, 0) is 43.0 Å². The molecule has 130 valence electrons. The van der Waals surface area contributed by atoms with Crippen LogP contribution in [0.25, 0.3) is 33.1 Å². The minimum atomic E-state index is -0.294. The van der Waals surface area contributed by atoms with E-state index in [1.54, 1.807) is 6.26 Å². The molecule has 0 saturated carbocycles. The van der Waals surface area contributed by atoms with Crippen LogP contribution in [0.1, 0.15) is 19.3 Å². The van der Waals surface area contributed by atoms with Crippen molar-refractivity contribution in [1.82, 2.24) is 0 Å². The van der Waals surface area contributed by atoms with Gasteiger partial charge in [-0.2, -0.15) is 0 Å². The minimum Gasteiger partial charge on any atom is -0.464 e. The number of nitrogens with zero attached hydrogens (tertiary/aromatic N) is 1. The maximum Gasteiger partial charge on any atom is 0.346 e. The minimum absolute atomic E-state index is 0.294. The molecule has 2 aromatic heterocycles. The summed E-state index contributed by atoms with van der Waals surface area (Å²) in [7, 11) is 0. The zero-order valence-corrected chi connectivity index (χ0v) is 14.4. The van der Waals surface area contributed by atoms with Gasteiger partial charge >= 0.3 is 5.63 Å². The average Bonchev–Trinajstić information content (AvgIpc) is 3.18. The molecule has 0 spiro atoms. The quantitative estimate of drug-likeness (QED) is 0.469. The first kappa shape index (κ1) is 15.3. The van der Waals surface area contributed by atoms with E-state index in [1.807, 2.05) is 48.5 Å². The van der Waals surface area contributed by atoms with Crippen molar-refractivity contribution in [2.45, 2.75) is 19.3 Å². The van der Waals surface area contributed by atoms with Crippen molar-refractivity contribution >= 4 is 27.6 Å². The average molecular weight is 345 g/mol. The Bertz CT molecular complexity index is 1130. The van der Waals surface area contributed by atoms with E-state index in [-0.39, 0.29) is 5.63 Å². The van der Waals surface area contributed by atoms with Crippen LogP contribution >= 0.6 is 0 Å². The third-order valence-electron chi connectivity index (χ3n) is 5.21. The van der Waals surface area contributed by atoms with Gasteiger partial charge in [0.2, 0.25) is 0 Å². The fourth-order valence-corrected chi connectivity index (χ4v) is 3.99. The molecule has 1 saturated heterocycles. The monoisotopic (exact) mass is 345 g/mol. The second-order valence-electron chi connectivity index (χ2n) is 6.80. The van der Waals surface area contributed by atoms with Gasteiger partial charge in [0.05, 0.1) is 22.9 Å². The van der Waals surface area contributed by atoms with Gasteiger partial charge in [0.25, 0.3) is 0 Å². The predicted octanol–water partition coefficient (Wildman–Crippen LogP) is 5.20. The predicted molar refractivity (Wildman–Crippen MR) is 104 cm³/mol. The van der Waals surface area contributed by atoms with E-state index in [2.05, 4.69) is 4.90 Å². The third kappa shape index (κ3) is 2.33. The molecule has 5 rings (SSSR count). The van der Waals surface area contributed by atoms with Crippen molar-refractivity contribution in [3.63, 3.8) is 0 Å². The molecule has 0 unspecified atom stereocenters. The van der Waals surface area contributed by atoms with Crippen LogP contribution in [0, 0.1) is 0 Å². The van der Waals surface area contributed by atoms with Crippen LogP contribution in [0.2, 0.25) is 0 Å². The molecule has 2 aromatic carbocycles. The maximum atomic E-state index is 13.0. The number of furan rings is 1. The summed E-state index contributed by atoms with van der Waals surface area (Å²) in [5.41, 5.74) is 3.60. The van der Waals surface area contributed by atoms with Crippen molar-refractivity contribution in [3.05, 3.63) is 65.2 Å². The van der Waals surface area contributed by atoms with Crippen molar-refractivity contribution in [1.29, 1.82) is 0 Å². The second-order valence-corrected chi connectivity index (χ2v) is 6.80. The summed E-state index contributed by atoms with van der Waals surface area (Å²) >= 11 is 0. The van der Waals surface area contributed by atoms with Gasteiger partial charge < -0.3 is 13.7 Å². The van der Waals surface area contributed by atoms with E-state index in [4.69, 9.17) is 8.83 Å². The SMILES string of the molecule is O=c1oc2c(ccc3occc32)c(N2CCCCC2)c1-c1ccccc1. The lowest BCUT2D eigenvalue weighted by Crippen LogP contribution is -2.31. The zero-order chi connectivity index (χ0) is 17.5. The number of fused-ring (bicyclic) bond motifs is 3. The molecular formula is C22H19NO3. The van der Waals surface area contributed by atoms with Crippen LogP contribution in [-0.4, -0.2) is 13.1 Å². The lowest BCUT2D eigenvalue weighted by molar-refractivity contribution is 0.557. The summed E-state index contributed by atoms with van der Waals surface area (Å²) in [6.07, 6.45) is 5.16. The lowest BCUT2D eigenvalue weighted by Gasteiger charge is -2.31. The zero-order valence-electron chi connectivity index (χ0n) is 14.4. The topological polar surface area (TPSA) is 46.6 Å². The van der Waals surface area contributed by atoms with Gasteiger partial charge in [-0.15, -0.1) is 0 Å².